The fourth-order valence-electron chi connectivity index (χ4n) is 1.87. The Kier molecular flexibility index (Phi) is 4.15. The molecule has 1 amide bonds. The topological polar surface area (TPSA) is 108 Å². The Morgan fingerprint density at radius 2 is 2.09 bits per heavy atom. The average Bonchev–Trinajstić information content (AvgIpc) is 3.09. The van der Waals surface area contributed by atoms with Gasteiger partial charge in [-0.05, 0) is 34.5 Å². The Balaban J connectivity index is 1.88. The van der Waals surface area contributed by atoms with Crippen LogP contribution in [0.5, 0.6) is 11.6 Å². The van der Waals surface area contributed by atoms with E-state index in [1.165, 1.54) is 11.3 Å². The highest BCUT2D eigenvalue weighted by molar-refractivity contribution is 7.07. The first-order valence-corrected chi connectivity index (χ1v) is 7.60. The lowest BCUT2D eigenvalue weighted by Crippen LogP contribution is -2.24. The molecule has 8 heteroatoms. The molecule has 3 rings (SSSR count). The van der Waals surface area contributed by atoms with Crippen molar-refractivity contribution in [3.63, 3.8) is 0 Å². The molecule has 0 saturated carbocycles. The van der Waals surface area contributed by atoms with E-state index in [9.17, 15) is 15.0 Å². The van der Waals surface area contributed by atoms with Gasteiger partial charge in [0, 0.05) is 12.7 Å². The zero-order valence-electron chi connectivity index (χ0n) is 11.8. The zero-order valence-corrected chi connectivity index (χ0v) is 12.6. The summed E-state index contributed by atoms with van der Waals surface area (Å²) in [5, 5.41) is 26.0. The quantitative estimate of drug-likeness (QED) is 0.675. The van der Waals surface area contributed by atoms with E-state index in [0.717, 1.165) is 5.56 Å². The minimum Gasteiger partial charge on any atom is -0.501 e. The Hall–Kier alpha value is -3.00. The number of nitrogens with zero attached hydrogens (tertiary/aromatic N) is 3. The lowest BCUT2D eigenvalue weighted by atomic mass is 10.2. The lowest BCUT2D eigenvalue weighted by molar-refractivity contribution is 0.0942. The number of hydrogen-bond acceptors (Lipinski definition) is 7. The average molecular weight is 328 g/mol. The van der Waals surface area contributed by atoms with E-state index in [0.29, 0.717) is 12.2 Å². The third-order valence-electron chi connectivity index (χ3n) is 3.01. The minimum atomic E-state index is -0.665. The molecule has 0 bridgehead atoms. The summed E-state index contributed by atoms with van der Waals surface area (Å²) < 4.78 is 0. The van der Waals surface area contributed by atoms with E-state index < -0.39 is 17.5 Å². The highest BCUT2D eigenvalue weighted by atomic mass is 32.1. The molecule has 0 spiro atoms. The molecular weight excluding hydrogens is 316 g/mol. The molecule has 0 atom stereocenters. The number of carbonyl (C=O) groups excluding carboxylic acids is 1. The molecule has 0 radical (unpaired) electrons. The van der Waals surface area contributed by atoms with E-state index >= 15 is 0 Å². The van der Waals surface area contributed by atoms with Crippen molar-refractivity contribution < 1.29 is 15.0 Å². The predicted molar refractivity (Wildman–Crippen MR) is 84.1 cm³/mol. The first kappa shape index (κ1) is 14.9. The largest absolute Gasteiger partial charge is 0.501 e. The highest BCUT2D eigenvalue weighted by Gasteiger charge is 2.20. The Bertz CT molecular complexity index is 822. The second-order valence-electron chi connectivity index (χ2n) is 4.60. The van der Waals surface area contributed by atoms with Gasteiger partial charge in [0.25, 0.3) is 11.8 Å². The lowest BCUT2D eigenvalue weighted by Gasteiger charge is -2.08. The fraction of sp³-hybridized carbons (Fsp3) is 0.0667. The molecule has 3 aromatic heterocycles. The molecule has 0 fully saturated rings. The SMILES string of the molecule is O=C(NCc1ccsc1)c1nc(-c2ccccn2)nc(O)c1O. The Morgan fingerprint density at radius 3 is 2.78 bits per heavy atom. The number of nitrogens with one attached hydrogen (secondary N) is 1. The molecular formula is C15H12N4O3S. The predicted octanol–water partition coefficient (Wildman–Crippen LogP) is 1.94. The summed E-state index contributed by atoms with van der Waals surface area (Å²) >= 11 is 1.52. The van der Waals surface area contributed by atoms with Crippen LogP contribution in [-0.2, 0) is 6.54 Å². The molecule has 3 N–H and O–H groups in total. The monoisotopic (exact) mass is 328 g/mol. The van der Waals surface area contributed by atoms with Gasteiger partial charge in [-0.1, -0.05) is 6.07 Å². The van der Waals surface area contributed by atoms with Crippen LogP contribution < -0.4 is 5.32 Å². The summed E-state index contributed by atoms with van der Waals surface area (Å²) in [6.07, 6.45) is 1.54. The van der Waals surface area contributed by atoms with Gasteiger partial charge in [-0.2, -0.15) is 16.3 Å². The number of hydrogen-bond donors (Lipinski definition) is 3. The molecule has 0 aliphatic heterocycles. The first-order valence-electron chi connectivity index (χ1n) is 6.66. The van der Waals surface area contributed by atoms with Crippen LogP contribution in [0.25, 0.3) is 11.5 Å². The van der Waals surface area contributed by atoms with Gasteiger partial charge in [-0.15, -0.1) is 0 Å². The number of amides is 1. The van der Waals surface area contributed by atoms with Gasteiger partial charge >= 0.3 is 0 Å². The number of carbonyl (C=O) groups is 1. The van der Waals surface area contributed by atoms with Gasteiger partial charge in [-0.3, -0.25) is 9.78 Å². The summed E-state index contributed by atoms with van der Waals surface area (Å²) in [4.78, 5) is 24.0. The molecule has 3 heterocycles. The number of pyridine rings is 1. The van der Waals surface area contributed by atoms with Gasteiger partial charge in [0.1, 0.15) is 5.69 Å². The molecule has 3 aromatic rings. The maximum absolute atomic E-state index is 12.2. The van der Waals surface area contributed by atoms with Gasteiger partial charge in [0.05, 0.1) is 0 Å². The van der Waals surface area contributed by atoms with Crippen LogP contribution in [0, 0.1) is 0 Å². The molecule has 7 nitrogen and oxygen atoms in total. The fourth-order valence-corrected chi connectivity index (χ4v) is 2.54. The molecule has 0 aliphatic carbocycles. The van der Waals surface area contributed by atoms with Gasteiger partial charge < -0.3 is 15.5 Å². The maximum Gasteiger partial charge on any atom is 0.274 e. The Labute approximate surface area is 135 Å². The zero-order chi connectivity index (χ0) is 16.2. The van der Waals surface area contributed by atoms with E-state index in [-0.39, 0.29) is 11.5 Å². The van der Waals surface area contributed by atoms with E-state index in [1.54, 1.807) is 24.4 Å². The van der Waals surface area contributed by atoms with Crippen molar-refractivity contribution in [1.82, 2.24) is 20.3 Å². The van der Waals surface area contributed by atoms with Crippen molar-refractivity contribution in [2.75, 3.05) is 0 Å². The van der Waals surface area contributed by atoms with Crippen LogP contribution in [0.1, 0.15) is 16.1 Å². The number of rotatable bonds is 4. The normalized spacial score (nSPS) is 10.4. The standard InChI is InChI=1S/C15H12N4O3S/c20-12-11(14(21)17-7-9-4-6-23-8-9)18-13(19-15(12)22)10-3-1-2-5-16-10/h1-6,8,20H,7H2,(H,17,21)(H,18,19,22). The van der Waals surface area contributed by atoms with Gasteiger partial charge in [0.15, 0.2) is 11.5 Å². The van der Waals surface area contributed by atoms with Crippen LogP contribution in [0.2, 0.25) is 0 Å². The van der Waals surface area contributed by atoms with E-state index in [4.69, 9.17) is 0 Å². The second kappa shape index (κ2) is 6.41. The van der Waals surface area contributed by atoms with Gasteiger partial charge in [0.2, 0.25) is 5.75 Å². The highest BCUT2D eigenvalue weighted by Crippen LogP contribution is 2.28. The first-order chi connectivity index (χ1) is 11.1. The molecule has 0 saturated heterocycles. The van der Waals surface area contributed by atoms with Crippen molar-refractivity contribution >= 4 is 17.2 Å². The van der Waals surface area contributed by atoms with Gasteiger partial charge in [-0.25, -0.2) is 4.98 Å². The third-order valence-corrected chi connectivity index (χ3v) is 3.74. The summed E-state index contributed by atoms with van der Waals surface area (Å²) in [5.74, 6) is -1.88. The smallest absolute Gasteiger partial charge is 0.274 e. The number of aromatic hydroxyl groups is 2. The van der Waals surface area contributed by atoms with Crippen molar-refractivity contribution in [2.24, 2.45) is 0 Å². The van der Waals surface area contributed by atoms with Crippen molar-refractivity contribution in [3.8, 4) is 23.1 Å². The van der Waals surface area contributed by atoms with Crippen LogP contribution in [0.15, 0.2) is 41.2 Å². The molecule has 23 heavy (non-hydrogen) atoms. The second-order valence-corrected chi connectivity index (χ2v) is 5.38. The van der Waals surface area contributed by atoms with E-state index in [1.807, 2.05) is 16.8 Å². The molecule has 0 unspecified atom stereocenters. The van der Waals surface area contributed by atoms with Crippen LogP contribution >= 0.6 is 11.3 Å². The van der Waals surface area contributed by atoms with E-state index in [2.05, 4.69) is 20.3 Å². The molecule has 0 aromatic carbocycles. The minimum absolute atomic E-state index is 0.0570. The summed E-state index contributed by atoms with van der Waals surface area (Å²) in [6, 6.07) is 6.96. The summed E-state index contributed by atoms with van der Waals surface area (Å²) in [7, 11) is 0. The number of thiophene rings is 1. The van der Waals surface area contributed by atoms with Crippen molar-refractivity contribution in [1.29, 1.82) is 0 Å². The number of aromatic nitrogens is 3. The maximum atomic E-state index is 12.2. The third kappa shape index (κ3) is 3.27. The van der Waals surface area contributed by atoms with Crippen molar-refractivity contribution in [2.45, 2.75) is 6.54 Å². The summed E-state index contributed by atoms with van der Waals surface area (Å²) in [5.41, 5.74) is 1.02. The van der Waals surface area contributed by atoms with Crippen LogP contribution in [-0.4, -0.2) is 31.1 Å². The molecule has 116 valence electrons. The molecule has 0 aliphatic rings. The summed E-state index contributed by atoms with van der Waals surface area (Å²) in [6.45, 7) is 0.297. The van der Waals surface area contributed by atoms with Crippen LogP contribution in [0.3, 0.4) is 0 Å². The Morgan fingerprint density at radius 1 is 1.22 bits per heavy atom. The van der Waals surface area contributed by atoms with Crippen molar-refractivity contribution in [3.05, 3.63) is 52.5 Å². The van der Waals surface area contributed by atoms with Crippen LogP contribution in [0.4, 0.5) is 0 Å².